The highest BCUT2D eigenvalue weighted by Gasteiger charge is 2.29. The van der Waals surface area contributed by atoms with E-state index in [1.54, 1.807) is 0 Å². The Balaban J connectivity index is 2.44. The molecule has 1 heterocycles. The van der Waals surface area contributed by atoms with Gasteiger partial charge in [0.1, 0.15) is 0 Å². The van der Waals surface area contributed by atoms with E-state index in [1.807, 2.05) is 0 Å². The van der Waals surface area contributed by atoms with Crippen molar-refractivity contribution in [1.29, 1.82) is 0 Å². The fourth-order valence-electron chi connectivity index (χ4n) is 2.57. The summed E-state index contributed by atoms with van der Waals surface area (Å²) in [5.41, 5.74) is -0.145. The molecule has 1 saturated heterocycles. The van der Waals surface area contributed by atoms with E-state index in [4.69, 9.17) is 0 Å². The number of aliphatic hydroxyl groups is 1. The summed E-state index contributed by atoms with van der Waals surface area (Å²) >= 11 is 0. The predicted molar refractivity (Wildman–Crippen MR) is 73.3 cm³/mol. The fraction of sp³-hybridized carbons (Fsp3) is 0.929. The highest BCUT2D eigenvalue weighted by molar-refractivity contribution is 5.78. The first-order valence-electron chi connectivity index (χ1n) is 7.19. The molecule has 1 aliphatic heterocycles. The van der Waals surface area contributed by atoms with Gasteiger partial charge in [-0.3, -0.25) is 4.79 Å². The van der Waals surface area contributed by atoms with Crippen LogP contribution in [0.3, 0.4) is 0 Å². The smallest absolute Gasteiger partial charge is 0.223 e. The molecular weight excluding hydrogens is 228 g/mol. The molecule has 0 aromatic carbocycles. The molecule has 0 aliphatic carbocycles. The van der Waals surface area contributed by atoms with Gasteiger partial charge in [-0.25, -0.2) is 0 Å². The number of nitrogens with one attached hydrogen (secondary N) is 2. The van der Waals surface area contributed by atoms with Crippen LogP contribution in [0.2, 0.25) is 0 Å². The molecule has 2 unspecified atom stereocenters. The summed E-state index contributed by atoms with van der Waals surface area (Å²) < 4.78 is 0. The van der Waals surface area contributed by atoms with Gasteiger partial charge in [-0.15, -0.1) is 0 Å². The molecule has 0 spiro atoms. The molecule has 0 bridgehead atoms. The van der Waals surface area contributed by atoms with Crippen molar-refractivity contribution in [2.24, 2.45) is 11.3 Å². The zero-order chi connectivity index (χ0) is 13.6. The third kappa shape index (κ3) is 3.95. The maximum atomic E-state index is 12.1. The van der Waals surface area contributed by atoms with Crippen LogP contribution in [-0.2, 0) is 4.79 Å². The van der Waals surface area contributed by atoms with Crippen LogP contribution in [0.5, 0.6) is 0 Å². The number of hydrogen-bond donors (Lipinski definition) is 3. The number of amides is 1. The van der Waals surface area contributed by atoms with E-state index in [9.17, 15) is 9.90 Å². The van der Waals surface area contributed by atoms with Crippen molar-refractivity contribution in [3.63, 3.8) is 0 Å². The van der Waals surface area contributed by atoms with Crippen molar-refractivity contribution in [2.75, 3.05) is 19.7 Å². The molecule has 1 amide bonds. The van der Waals surface area contributed by atoms with Gasteiger partial charge < -0.3 is 15.7 Å². The van der Waals surface area contributed by atoms with Crippen LogP contribution >= 0.6 is 0 Å². The van der Waals surface area contributed by atoms with Gasteiger partial charge in [-0.05, 0) is 39.2 Å². The van der Waals surface area contributed by atoms with Crippen LogP contribution in [0, 0.1) is 11.3 Å². The second-order valence-corrected chi connectivity index (χ2v) is 5.66. The normalized spacial score (nSPS) is 24.9. The van der Waals surface area contributed by atoms with Crippen molar-refractivity contribution < 1.29 is 9.90 Å². The Kier molecular flexibility index (Phi) is 6.09. The number of carbonyl (C=O) groups is 1. The van der Waals surface area contributed by atoms with E-state index in [0.717, 1.165) is 32.2 Å². The predicted octanol–water partition coefficient (Wildman–Crippen LogP) is 1.29. The molecule has 2 atom stereocenters. The Morgan fingerprint density at radius 1 is 1.44 bits per heavy atom. The Labute approximate surface area is 111 Å². The molecule has 1 rings (SSSR count). The third-order valence-electron chi connectivity index (χ3n) is 4.47. The van der Waals surface area contributed by atoms with Crippen LogP contribution < -0.4 is 10.6 Å². The molecule has 4 heteroatoms. The highest BCUT2D eigenvalue weighted by atomic mass is 16.3. The first kappa shape index (κ1) is 15.4. The minimum Gasteiger partial charge on any atom is -0.396 e. The van der Waals surface area contributed by atoms with Crippen LogP contribution in [0.25, 0.3) is 0 Å². The molecule has 4 nitrogen and oxygen atoms in total. The zero-order valence-electron chi connectivity index (χ0n) is 12.0. The SMILES string of the molecule is CCC(CC)(CO)CNC(=O)C1CCNC(C)C1. The van der Waals surface area contributed by atoms with E-state index < -0.39 is 0 Å². The van der Waals surface area contributed by atoms with E-state index in [0.29, 0.717) is 12.6 Å². The first-order chi connectivity index (χ1) is 8.56. The lowest BCUT2D eigenvalue weighted by atomic mass is 9.83. The summed E-state index contributed by atoms with van der Waals surface area (Å²) in [5, 5.41) is 15.9. The van der Waals surface area contributed by atoms with Crippen molar-refractivity contribution in [2.45, 2.75) is 52.5 Å². The van der Waals surface area contributed by atoms with Crippen molar-refractivity contribution in [3.8, 4) is 0 Å². The largest absolute Gasteiger partial charge is 0.396 e. The van der Waals surface area contributed by atoms with E-state index in [-0.39, 0.29) is 23.8 Å². The molecule has 0 aromatic heterocycles. The average Bonchev–Trinajstić information content (AvgIpc) is 2.40. The summed E-state index contributed by atoms with van der Waals surface area (Å²) in [7, 11) is 0. The molecule has 3 N–H and O–H groups in total. The molecule has 106 valence electrons. The van der Waals surface area contributed by atoms with Crippen LogP contribution in [-0.4, -0.2) is 36.8 Å². The van der Waals surface area contributed by atoms with Crippen molar-refractivity contribution in [3.05, 3.63) is 0 Å². The Morgan fingerprint density at radius 2 is 2.11 bits per heavy atom. The average molecular weight is 256 g/mol. The first-order valence-corrected chi connectivity index (χ1v) is 7.19. The number of piperidine rings is 1. The lowest BCUT2D eigenvalue weighted by molar-refractivity contribution is -0.126. The third-order valence-corrected chi connectivity index (χ3v) is 4.47. The Hall–Kier alpha value is -0.610. The summed E-state index contributed by atoms with van der Waals surface area (Å²) in [6.07, 6.45) is 3.61. The van der Waals surface area contributed by atoms with Crippen LogP contribution in [0.15, 0.2) is 0 Å². The number of hydrogen-bond acceptors (Lipinski definition) is 3. The summed E-state index contributed by atoms with van der Waals surface area (Å²) in [6, 6.07) is 0.425. The molecule has 0 radical (unpaired) electrons. The molecule has 18 heavy (non-hydrogen) atoms. The molecule has 1 fully saturated rings. The lowest BCUT2D eigenvalue weighted by Gasteiger charge is -2.32. The number of rotatable bonds is 6. The van der Waals surface area contributed by atoms with Gasteiger partial charge in [0.25, 0.3) is 0 Å². The maximum Gasteiger partial charge on any atom is 0.223 e. The summed E-state index contributed by atoms with van der Waals surface area (Å²) in [5.74, 6) is 0.287. The lowest BCUT2D eigenvalue weighted by Crippen LogP contribution is -2.46. The molecular formula is C14H28N2O2. The quantitative estimate of drug-likeness (QED) is 0.671. The summed E-state index contributed by atoms with van der Waals surface area (Å²) in [6.45, 7) is 7.91. The van der Waals surface area contributed by atoms with Crippen molar-refractivity contribution >= 4 is 5.91 Å². The number of carbonyl (C=O) groups excluding carboxylic acids is 1. The van der Waals surface area contributed by atoms with Gasteiger partial charge in [0, 0.05) is 23.9 Å². The maximum absolute atomic E-state index is 12.1. The summed E-state index contributed by atoms with van der Waals surface area (Å²) in [4.78, 5) is 12.1. The second kappa shape index (κ2) is 7.10. The molecule has 0 saturated carbocycles. The van der Waals surface area contributed by atoms with Gasteiger partial charge in [0.2, 0.25) is 5.91 Å². The van der Waals surface area contributed by atoms with Gasteiger partial charge in [-0.1, -0.05) is 13.8 Å². The van der Waals surface area contributed by atoms with E-state index in [2.05, 4.69) is 31.4 Å². The highest BCUT2D eigenvalue weighted by Crippen LogP contribution is 2.25. The molecule has 0 aromatic rings. The van der Waals surface area contributed by atoms with Gasteiger partial charge in [0.15, 0.2) is 0 Å². The topological polar surface area (TPSA) is 61.4 Å². The minimum atomic E-state index is -0.145. The molecule has 1 aliphatic rings. The van der Waals surface area contributed by atoms with Crippen molar-refractivity contribution in [1.82, 2.24) is 10.6 Å². The second-order valence-electron chi connectivity index (χ2n) is 5.66. The van der Waals surface area contributed by atoms with Gasteiger partial charge >= 0.3 is 0 Å². The van der Waals surface area contributed by atoms with Crippen LogP contribution in [0.1, 0.15) is 46.5 Å². The van der Waals surface area contributed by atoms with Gasteiger partial charge in [0.05, 0.1) is 6.61 Å². The zero-order valence-corrected chi connectivity index (χ0v) is 12.0. The fourth-order valence-corrected chi connectivity index (χ4v) is 2.57. The van der Waals surface area contributed by atoms with E-state index >= 15 is 0 Å². The Bertz CT molecular complexity index is 256. The monoisotopic (exact) mass is 256 g/mol. The number of aliphatic hydroxyl groups excluding tert-OH is 1. The van der Waals surface area contributed by atoms with Crippen LogP contribution in [0.4, 0.5) is 0 Å². The van der Waals surface area contributed by atoms with E-state index in [1.165, 1.54) is 0 Å². The standard InChI is InChI=1S/C14H28N2O2/c1-4-14(5-2,10-17)9-16-13(18)12-6-7-15-11(3)8-12/h11-12,15,17H,4-10H2,1-3H3,(H,16,18). The minimum absolute atomic E-state index is 0.131. The van der Waals surface area contributed by atoms with Gasteiger partial charge in [-0.2, -0.15) is 0 Å². The Morgan fingerprint density at radius 3 is 2.61 bits per heavy atom.